The average Bonchev–Trinajstić information content (AvgIpc) is 3.12. The third-order valence-electron chi connectivity index (χ3n) is 6.48. The molecular formula is C23H42IN5O6. The van der Waals surface area contributed by atoms with Crippen LogP contribution in [0.4, 0.5) is 0 Å². The van der Waals surface area contributed by atoms with E-state index in [2.05, 4.69) is 38.5 Å². The molecule has 35 heavy (non-hydrogen) atoms. The third-order valence-corrected chi connectivity index (χ3v) is 6.92. The number of alkyl halides is 1. The van der Waals surface area contributed by atoms with E-state index in [-0.39, 0.29) is 42.8 Å². The zero-order valence-electron chi connectivity index (χ0n) is 21.1. The summed E-state index contributed by atoms with van der Waals surface area (Å²) in [5.41, 5.74) is 5.60. The maximum absolute atomic E-state index is 12.6. The summed E-state index contributed by atoms with van der Waals surface area (Å²) < 4.78 is 12.3. The molecule has 1 fully saturated rings. The molecule has 1 aliphatic carbocycles. The molecule has 12 heteroatoms. The van der Waals surface area contributed by atoms with E-state index in [9.17, 15) is 19.5 Å². The predicted molar refractivity (Wildman–Crippen MR) is 141 cm³/mol. The Hall–Kier alpha value is -1.67. The minimum atomic E-state index is -1.06. The van der Waals surface area contributed by atoms with Crippen molar-refractivity contribution < 1.29 is 29.0 Å². The maximum Gasteiger partial charge on any atom is 0.309 e. The highest BCUT2D eigenvalue weighted by Gasteiger charge is 2.52. The highest BCUT2D eigenvalue weighted by Crippen LogP contribution is 2.39. The number of rotatable bonds is 16. The Kier molecular flexibility index (Phi) is 14.5. The number of halogens is 1. The van der Waals surface area contributed by atoms with Gasteiger partial charge >= 0.3 is 5.97 Å². The van der Waals surface area contributed by atoms with Crippen LogP contribution in [0.1, 0.15) is 53.4 Å². The third kappa shape index (κ3) is 10.5. The van der Waals surface area contributed by atoms with Gasteiger partial charge in [0.15, 0.2) is 5.96 Å². The summed E-state index contributed by atoms with van der Waals surface area (Å²) in [6.07, 6.45) is 1.47. The molecule has 0 aliphatic heterocycles. The molecular weight excluding hydrogens is 569 g/mol. The number of amides is 2. The Morgan fingerprint density at radius 1 is 1.20 bits per heavy atom. The van der Waals surface area contributed by atoms with Crippen molar-refractivity contribution in [2.24, 2.45) is 23.5 Å². The molecule has 0 saturated heterocycles. The van der Waals surface area contributed by atoms with E-state index in [1.54, 1.807) is 0 Å². The van der Waals surface area contributed by atoms with Crippen LogP contribution in [0, 0.1) is 23.2 Å². The van der Waals surface area contributed by atoms with Gasteiger partial charge in [-0.3, -0.25) is 19.8 Å². The van der Waals surface area contributed by atoms with Gasteiger partial charge in [0, 0.05) is 42.0 Å². The molecule has 0 aromatic carbocycles. The van der Waals surface area contributed by atoms with E-state index in [4.69, 9.17) is 20.6 Å². The molecule has 11 nitrogen and oxygen atoms in total. The topological polar surface area (TPSA) is 176 Å². The van der Waals surface area contributed by atoms with Gasteiger partial charge in [0.1, 0.15) is 6.61 Å². The minimum Gasteiger partial charge on any atom is -0.481 e. The van der Waals surface area contributed by atoms with E-state index in [1.807, 2.05) is 20.8 Å². The Balaban J connectivity index is 3.07. The molecule has 7 N–H and O–H groups in total. The monoisotopic (exact) mass is 611 g/mol. The van der Waals surface area contributed by atoms with Crippen LogP contribution in [-0.2, 0) is 23.9 Å². The van der Waals surface area contributed by atoms with Gasteiger partial charge in [-0.2, -0.15) is 0 Å². The van der Waals surface area contributed by atoms with Crippen molar-refractivity contribution >= 4 is 46.3 Å². The fourth-order valence-electron chi connectivity index (χ4n) is 4.88. The fourth-order valence-corrected chi connectivity index (χ4v) is 5.19. The number of hydrogen-bond acceptors (Lipinski definition) is 6. The number of carboxylic acids is 1. The van der Waals surface area contributed by atoms with Crippen LogP contribution in [0.25, 0.3) is 0 Å². The van der Waals surface area contributed by atoms with Crippen molar-refractivity contribution in [3.05, 3.63) is 0 Å². The second-order valence-electron chi connectivity index (χ2n) is 9.06. The molecule has 0 radical (unpaired) electrons. The van der Waals surface area contributed by atoms with E-state index < -0.39 is 36.0 Å². The van der Waals surface area contributed by atoms with E-state index in [1.165, 1.54) is 6.92 Å². The highest BCUT2D eigenvalue weighted by molar-refractivity contribution is 14.1. The zero-order chi connectivity index (χ0) is 26.5. The Labute approximate surface area is 221 Å². The van der Waals surface area contributed by atoms with Crippen LogP contribution >= 0.6 is 22.6 Å². The number of aliphatic carboxylic acids is 1. The number of carboxylic acid groups (broad SMARTS) is 1. The molecule has 2 amide bonds. The van der Waals surface area contributed by atoms with Gasteiger partial charge in [-0.05, 0) is 25.7 Å². The summed E-state index contributed by atoms with van der Waals surface area (Å²) in [4.78, 5) is 36.8. The average molecular weight is 612 g/mol. The largest absolute Gasteiger partial charge is 0.481 e. The molecule has 0 heterocycles. The van der Waals surface area contributed by atoms with Crippen molar-refractivity contribution in [3.63, 3.8) is 0 Å². The van der Waals surface area contributed by atoms with Gasteiger partial charge in [0.25, 0.3) is 0 Å². The van der Waals surface area contributed by atoms with Crippen LogP contribution in [-0.4, -0.2) is 77.3 Å². The van der Waals surface area contributed by atoms with Gasteiger partial charge in [-0.15, -0.1) is 0 Å². The number of nitrogens with two attached hydrogens (primary N) is 1. The number of ether oxygens (including phenoxy) is 2. The molecule has 6 atom stereocenters. The molecule has 1 saturated carbocycles. The highest BCUT2D eigenvalue weighted by atomic mass is 127. The zero-order valence-corrected chi connectivity index (χ0v) is 23.3. The lowest BCUT2D eigenvalue weighted by atomic mass is 9.80. The summed E-state index contributed by atoms with van der Waals surface area (Å²) >= 11 is 2.23. The first-order chi connectivity index (χ1) is 16.5. The van der Waals surface area contributed by atoms with Crippen LogP contribution in [0.15, 0.2) is 0 Å². The molecule has 0 bridgehead atoms. The van der Waals surface area contributed by atoms with Crippen LogP contribution in [0.5, 0.6) is 0 Å². The maximum atomic E-state index is 12.6. The van der Waals surface area contributed by atoms with Crippen molar-refractivity contribution in [3.8, 4) is 0 Å². The number of nitrogens with one attached hydrogen (secondary N) is 4. The second-order valence-corrected chi connectivity index (χ2v) is 10.1. The number of carbonyl (C=O) groups is 3. The summed E-state index contributed by atoms with van der Waals surface area (Å²) in [6, 6.07) is -1.04. The molecule has 0 aromatic rings. The summed E-state index contributed by atoms with van der Waals surface area (Å²) in [7, 11) is 0. The molecule has 1 rings (SSSR count). The molecule has 0 spiro atoms. The number of hydrogen-bond donors (Lipinski definition) is 6. The second kappa shape index (κ2) is 16.1. The van der Waals surface area contributed by atoms with E-state index in [0.717, 1.165) is 17.3 Å². The first-order valence-corrected chi connectivity index (χ1v) is 13.7. The van der Waals surface area contributed by atoms with Crippen molar-refractivity contribution in [1.29, 1.82) is 5.41 Å². The minimum absolute atomic E-state index is 0.0511. The first-order valence-electron chi connectivity index (χ1n) is 12.2. The van der Waals surface area contributed by atoms with Gasteiger partial charge in [0.2, 0.25) is 11.8 Å². The summed E-state index contributed by atoms with van der Waals surface area (Å²) in [5.74, 6) is -3.30. The van der Waals surface area contributed by atoms with Gasteiger partial charge in [0.05, 0.1) is 18.6 Å². The van der Waals surface area contributed by atoms with Gasteiger partial charge in [-0.1, -0.05) is 49.3 Å². The molecule has 2 unspecified atom stereocenters. The van der Waals surface area contributed by atoms with Crippen molar-refractivity contribution in [2.45, 2.75) is 77.6 Å². The summed E-state index contributed by atoms with van der Waals surface area (Å²) in [6.45, 7) is 8.18. The quantitative estimate of drug-likeness (QED) is 0.0497. The number of carbonyl (C=O) groups excluding carboxylic acids is 2. The summed E-state index contributed by atoms with van der Waals surface area (Å²) in [5, 5.41) is 26.4. The lowest BCUT2D eigenvalue weighted by molar-refractivity contribution is -0.150. The lowest BCUT2D eigenvalue weighted by Crippen LogP contribution is -2.55. The van der Waals surface area contributed by atoms with Crippen molar-refractivity contribution in [2.75, 3.05) is 24.2 Å². The molecule has 1 aliphatic rings. The smallest absolute Gasteiger partial charge is 0.309 e. The lowest BCUT2D eigenvalue weighted by Gasteiger charge is -2.38. The van der Waals surface area contributed by atoms with Crippen molar-refractivity contribution in [1.82, 2.24) is 16.0 Å². The predicted octanol–water partition coefficient (Wildman–Crippen LogP) is 1.23. The Morgan fingerprint density at radius 2 is 1.86 bits per heavy atom. The van der Waals surface area contributed by atoms with Gasteiger partial charge < -0.3 is 36.3 Å². The molecule has 0 aromatic heterocycles. The van der Waals surface area contributed by atoms with Crippen LogP contribution in [0.3, 0.4) is 0 Å². The SMILES string of the molecule is CCC(CC)[C@@H](NC(C)=O)[C@@H]1[C@H](OCC(=O)NC(C)CCOCCI)C(C(=O)O)C[C@H]1NC(=N)N. The van der Waals surface area contributed by atoms with E-state index in [0.29, 0.717) is 19.6 Å². The van der Waals surface area contributed by atoms with E-state index >= 15 is 0 Å². The van der Waals surface area contributed by atoms with Gasteiger partial charge in [-0.25, -0.2) is 0 Å². The standard InChI is InChI=1S/C23H42IN5O6/c1-5-15(6-2)20(28-14(4)30)19-17(29-23(25)26)11-16(22(32)33)21(19)35-12-18(31)27-13(3)7-9-34-10-8-24/h13,15-17,19-21H,5-12H2,1-4H3,(H,27,31)(H,28,30)(H,32,33)(H4,25,26,29)/t13?,16?,17-,19-,20-,21-/m1/s1. The Morgan fingerprint density at radius 3 is 2.37 bits per heavy atom. The molecule has 202 valence electrons. The van der Waals surface area contributed by atoms with Crippen LogP contribution < -0.4 is 21.7 Å². The Bertz CT molecular complexity index is 708. The van der Waals surface area contributed by atoms with Crippen LogP contribution in [0.2, 0.25) is 0 Å². The number of guanidine groups is 1. The normalized spacial score (nSPS) is 23.5. The fraction of sp³-hybridized carbons (Fsp3) is 0.826. The first kappa shape index (κ1) is 31.4.